The standard InChI is InChI=1S/C23H23N5O3/c1-13(2)17-6-5-16(9-15(17)11-24)28-21(30)23(3,4)27(22(28)31)12-14-7-8-25-20-18(14)10-19(29)26-20/h5-9,13H,10,12H2,1-4H3,(H,25,26,29). The maximum absolute atomic E-state index is 13.4. The molecule has 1 saturated heterocycles. The molecule has 3 heterocycles. The van der Waals surface area contributed by atoms with Crippen LogP contribution in [0.3, 0.4) is 0 Å². The third kappa shape index (κ3) is 3.22. The van der Waals surface area contributed by atoms with Crippen molar-refractivity contribution in [3.8, 4) is 6.07 Å². The van der Waals surface area contributed by atoms with E-state index >= 15 is 0 Å². The highest BCUT2D eigenvalue weighted by Gasteiger charge is 2.52. The maximum atomic E-state index is 13.4. The Balaban J connectivity index is 1.70. The number of pyridine rings is 1. The fraction of sp³-hybridized carbons (Fsp3) is 0.348. The SMILES string of the molecule is CC(C)c1ccc(N2C(=O)N(Cc3ccnc4c3CC(=O)N4)C(C)(C)C2=O)cc1C#N. The summed E-state index contributed by atoms with van der Waals surface area (Å²) in [5, 5.41) is 12.2. The average molecular weight is 417 g/mol. The first kappa shape index (κ1) is 20.5. The number of nitrogens with one attached hydrogen (secondary N) is 1. The van der Waals surface area contributed by atoms with Crippen LogP contribution in [0.5, 0.6) is 0 Å². The third-order valence-electron chi connectivity index (χ3n) is 5.94. The van der Waals surface area contributed by atoms with Crippen molar-refractivity contribution in [3.63, 3.8) is 0 Å². The number of imide groups is 1. The molecule has 0 spiro atoms. The van der Waals surface area contributed by atoms with Crippen molar-refractivity contribution in [2.75, 3.05) is 10.2 Å². The molecule has 1 N–H and O–H groups in total. The van der Waals surface area contributed by atoms with Crippen molar-refractivity contribution < 1.29 is 14.4 Å². The number of nitrogens with zero attached hydrogens (tertiary/aromatic N) is 4. The van der Waals surface area contributed by atoms with E-state index in [1.54, 1.807) is 44.3 Å². The van der Waals surface area contributed by atoms with Crippen LogP contribution in [0.4, 0.5) is 16.3 Å². The first-order chi connectivity index (χ1) is 14.6. The van der Waals surface area contributed by atoms with E-state index in [-0.39, 0.29) is 30.7 Å². The molecule has 1 aromatic heterocycles. The maximum Gasteiger partial charge on any atom is 0.332 e. The van der Waals surface area contributed by atoms with E-state index in [1.165, 1.54) is 4.90 Å². The lowest BCUT2D eigenvalue weighted by atomic mass is 9.97. The Morgan fingerprint density at radius 3 is 2.65 bits per heavy atom. The van der Waals surface area contributed by atoms with E-state index in [2.05, 4.69) is 16.4 Å². The van der Waals surface area contributed by atoms with E-state index < -0.39 is 11.6 Å². The number of urea groups is 1. The third-order valence-corrected chi connectivity index (χ3v) is 5.94. The van der Waals surface area contributed by atoms with Crippen molar-refractivity contribution in [3.05, 3.63) is 52.7 Å². The zero-order valence-electron chi connectivity index (χ0n) is 17.9. The smallest absolute Gasteiger partial charge is 0.310 e. The van der Waals surface area contributed by atoms with Gasteiger partial charge in [0.1, 0.15) is 11.4 Å². The molecule has 2 aliphatic rings. The van der Waals surface area contributed by atoms with Crippen LogP contribution >= 0.6 is 0 Å². The molecule has 8 heteroatoms. The second-order valence-electron chi connectivity index (χ2n) is 8.63. The molecule has 2 aliphatic heterocycles. The number of carbonyl (C=O) groups excluding carboxylic acids is 3. The van der Waals surface area contributed by atoms with Crippen LogP contribution in [-0.4, -0.2) is 33.3 Å². The fourth-order valence-corrected chi connectivity index (χ4v) is 4.10. The molecule has 0 bridgehead atoms. The van der Waals surface area contributed by atoms with Crippen molar-refractivity contribution in [1.29, 1.82) is 5.26 Å². The number of fused-ring (bicyclic) bond motifs is 1. The van der Waals surface area contributed by atoms with Gasteiger partial charge in [0.2, 0.25) is 5.91 Å². The van der Waals surface area contributed by atoms with Crippen LogP contribution in [0, 0.1) is 11.3 Å². The lowest BCUT2D eigenvalue weighted by Gasteiger charge is -2.28. The Morgan fingerprint density at radius 2 is 1.97 bits per heavy atom. The van der Waals surface area contributed by atoms with Crippen molar-refractivity contribution in [2.24, 2.45) is 0 Å². The largest absolute Gasteiger partial charge is 0.332 e. The minimum absolute atomic E-state index is 0.145. The molecule has 0 radical (unpaired) electrons. The van der Waals surface area contributed by atoms with Gasteiger partial charge in [-0.1, -0.05) is 19.9 Å². The monoisotopic (exact) mass is 417 g/mol. The van der Waals surface area contributed by atoms with E-state index in [9.17, 15) is 19.6 Å². The van der Waals surface area contributed by atoms with Crippen LogP contribution in [0.2, 0.25) is 0 Å². The normalized spacial score (nSPS) is 17.2. The van der Waals surface area contributed by atoms with Gasteiger partial charge in [0.25, 0.3) is 5.91 Å². The quantitative estimate of drug-likeness (QED) is 0.768. The second-order valence-corrected chi connectivity index (χ2v) is 8.63. The molecular formula is C23H23N5O3. The lowest BCUT2D eigenvalue weighted by Crippen LogP contribution is -2.43. The van der Waals surface area contributed by atoms with Gasteiger partial charge in [-0.3, -0.25) is 9.59 Å². The van der Waals surface area contributed by atoms with Gasteiger partial charge in [0, 0.05) is 18.3 Å². The molecule has 31 heavy (non-hydrogen) atoms. The number of hydrogen-bond donors (Lipinski definition) is 1. The number of amides is 4. The van der Waals surface area contributed by atoms with Gasteiger partial charge in [0.05, 0.1) is 23.7 Å². The van der Waals surface area contributed by atoms with Crippen LogP contribution < -0.4 is 10.2 Å². The number of nitriles is 1. The lowest BCUT2D eigenvalue weighted by molar-refractivity contribution is -0.123. The summed E-state index contributed by atoms with van der Waals surface area (Å²) in [5.41, 5.74) is 2.12. The zero-order chi connectivity index (χ0) is 22.5. The summed E-state index contributed by atoms with van der Waals surface area (Å²) in [6, 6.07) is 8.57. The first-order valence-corrected chi connectivity index (χ1v) is 10.1. The summed E-state index contributed by atoms with van der Waals surface area (Å²) in [4.78, 5) is 45.2. The summed E-state index contributed by atoms with van der Waals surface area (Å²) in [7, 11) is 0. The van der Waals surface area contributed by atoms with Crippen molar-refractivity contribution in [2.45, 2.75) is 52.1 Å². The van der Waals surface area contributed by atoms with Gasteiger partial charge in [-0.15, -0.1) is 0 Å². The van der Waals surface area contributed by atoms with Crippen LogP contribution in [0.25, 0.3) is 0 Å². The molecule has 8 nitrogen and oxygen atoms in total. The van der Waals surface area contributed by atoms with Gasteiger partial charge in [-0.2, -0.15) is 5.26 Å². The predicted octanol–water partition coefficient (Wildman–Crippen LogP) is 3.32. The number of carbonyl (C=O) groups is 3. The van der Waals surface area contributed by atoms with Gasteiger partial charge < -0.3 is 10.2 Å². The minimum atomic E-state index is -1.09. The summed E-state index contributed by atoms with van der Waals surface area (Å²) in [6.07, 6.45) is 1.78. The highest BCUT2D eigenvalue weighted by atomic mass is 16.2. The van der Waals surface area contributed by atoms with E-state index in [0.29, 0.717) is 17.1 Å². The molecule has 1 fully saturated rings. The molecule has 0 unspecified atom stereocenters. The summed E-state index contributed by atoms with van der Waals surface area (Å²) in [5.74, 6) is 0.136. The van der Waals surface area contributed by atoms with E-state index in [4.69, 9.17) is 0 Å². The molecule has 4 amide bonds. The number of hydrogen-bond acceptors (Lipinski definition) is 5. The van der Waals surface area contributed by atoms with Crippen molar-refractivity contribution >= 4 is 29.4 Å². The molecule has 158 valence electrons. The van der Waals surface area contributed by atoms with Gasteiger partial charge in [-0.05, 0) is 49.1 Å². The molecular weight excluding hydrogens is 394 g/mol. The molecule has 0 atom stereocenters. The van der Waals surface area contributed by atoms with E-state index in [1.807, 2.05) is 13.8 Å². The Hall–Kier alpha value is -3.73. The van der Waals surface area contributed by atoms with Gasteiger partial charge >= 0.3 is 6.03 Å². The number of benzene rings is 1. The average Bonchev–Trinajstić information content (AvgIpc) is 3.18. The van der Waals surface area contributed by atoms with Gasteiger partial charge in [-0.25, -0.2) is 14.7 Å². The Bertz CT molecular complexity index is 1160. The van der Waals surface area contributed by atoms with Gasteiger partial charge in [0.15, 0.2) is 0 Å². The summed E-state index contributed by atoms with van der Waals surface area (Å²) in [6.45, 7) is 7.54. The zero-order valence-corrected chi connectivity index (χ0v) is 17.9. The second kappa shape index (κ2) is 7.20. The van der Waals surface area contributed by atoms with E-state index in [0.717, 1.165) is 21.6 Å². The number of rotatable bonds is 4. The number of aromatic nitrogens is 1. The Kier molecular flexibility index (Phi) is 4.77. The summed E-state index contributed by atoms with van der Waals surface area (Å²) >= 11 is 0. The highest BCUT2D eigenvalue weighted by molar-refractivity contribution is 6.23. The highest BCUT2D eigenvalue weighted by Crippen LogP contribution is 2.36. The van der Waals surface area contributed by atoms with Crippen LogP contribution in [-0.2, 0) is 22.6 Å². The predicted molar refractivity (Wildman–Crippen MR) is 114 cm³/mol. The topological polar surface area (TPSA) is 106 Å². The molecule has 0 saturated carbocycles. The van der Waals surface area contributed by atoms with Crippen LogP contribution in [0.1, 0.15) is 55.9 Å². The molecule has 1 aromatic carbocycles. The van der Waals surface area contributed by atoms with Crippen molar-refractivity contribution in [1.82, 2.24) is 9.88 Å². The molecule has 4 rings (SSSR count). The Labute approximate surface area is 180 Å². The molecule has 2 aromatic rings. The molecule has 0 aliphatic carbocycles. The Morgan fingerprint density at radius 1 is 1.23 bits per heavy atom. The van der Waals surface area contributed by atoms with Crippen LogP contribution in [0.15, 0.2) is 30.5 Å². The first-order valence-electron chi connectivity index (χ1n) is 10.1. The number of anilines is 2. The fourth-order valence-electron chi connectivity index (χ4n) is 4.10. The summed E-state index contributed by atoms with van der Waals surface area (Å²) < 4.78 is 0. The minimum Gasteiger partial charge on any atom is -0.310 e.